The zero-order chi connectivity index (χ0) is 11.1. The molecule has 1 aromatic carbocycles. The maximum atomic E-state index is 9.77. The van der Waals surface area contributed by atoms with Gasteiger partial charge in [0.15, 0.2) is 0 Å². The summed E-state index contributed by atoms with van der Waals surface area (Å²) in [4.78, 5) is 0. The molecule has 0 radical (unpaired) electrons. The van der Waals surface area contributed by atoms with Crippen LogP contribution in [0, 0.1) is 0 Å². The molecule has 0 amide bonds. The summed E-state index contributed by atoms with van der Waals surface area (Å²) in [6, 6.07) is 7.62. The third kappa shape index (κ3) is 3.40. The van der Waals surface area contributed by atoms with Crippen LogP contribution in [0.3, 0.4) is 0 Å². The molecule has 0 spiro atoms. The number of hydrogen-bond donors (Lipinski definition) is 1. The van der Waals surface area contributed by atoms with Crippen molar-refractivity contribution in [2.45, 2.75) is 26.4 Å². The minimum atomic E-state index is -0.438. The molecule has 0 aliphatic carbocycles. The van der Waals surface area contributed by atoms with Crippen molar-refractivity contribution in [1.82, 2.24) is 0 Å². The van der Waals surface area contributed by atoms with Crippen molar-refractivity contribution in [2.24, 2.45) is 0 Å². The Morgan fingerprint density at radius 2 is 2.13 bits per heavy atom. The van der Waals surface area contributed by atoms with Crippen molar-refractivity contribution in [3.05, 3.63) is 42.0 Å². The summed E-state index contributed by atoms with van der Waals surface area (Å²) in [5.41, 5.74) is 0.865. The summed E-state index contributed by atoms with van der Waals surface area (Å²) in [5, 5.41) is 9.77. The van der Waals surface area contributed by atoms with E-state index in [-0.39, 0.29) is 0 Å². The van der Waals surface area contributed by atoms with Crippen LogP contribution in [-0.2, 0) is 0 Å². The first-order valence-corrected chi connectivity index (χ1v) is 5.30. The number of benzene rings is 1. The molecule has 0 aromatic heterocycles. The lowest BCUT2D eigenvalue weighted by Gasteiger charge is -2.13. The smallest absolute Gasteiger partial charge is 0.125 e. The zero-order valence-corrected chi connectivity index (χ0v) is 9.31. The highest BCUT2D eigenvalue weighted by molar-refractivity contribution is 5.35. The number of hydrogen-bond acceptors (Lipinski definition) is 2. The highest BCUT2D eigenvalue weighted by Crippen LogP contribution is 2.26. The molecule has 1 atom stereocenters. The fourth-order valence-electron chi connectivity index (χ4n) is 1.34. The molecule has 1 N–H and O–H groups in total. The fraction of sp³-hybridized carbons (Fsp3) is 0.385. The lowest BCUT2D eigenvalue weighted by atomic mass is 10.1. The van der Waals surface area contributed by atoms with Gasteiger partial charge in [0.25, 0.3) is 0 Å². The summed E-state index contributed by atoms with van der Waals surface area (Å²) < 4.78 is 5.55. The van der Waals surface area contributed by atoms with Gasteiger partial charge in [0, 0.05) is 5.56 Å². The van der Waals surface area contributed by atoms with E-state index in [9.17, 15) is 5.11 Å². The molecule has 0 unspecified atom stereocenters. The highest BCUT2D eigenvalue weighted by Gasteiger charge is 2.10. The Morgan fingerprint density at radius 3 is 2.80 bits per heavy atom. The average Bonchev–Trinajstić information content (AvgIpc) is 2.29. The van der Waals surface area contributed by atoms with Gasteiger partial charge in [-0.05, 0) is 19.4 Å². The normalized spacial score (nSPS) is 13.0. The second kappa shape index (κ2) is 6.25. The van der Waals surface area contributed by atoms with Gasteiger partial charge in [0.1, 0.15) is 12.4 Å². The lowest BCUT2D eigenvalue weighted by Crippen LogP contribution is -2.01. The zero-order valence-electron chi connectivity index (χ0n) is 9.31. The fourth-order valence-corrected chi connectivity index (χ4v) is 1.34. The molecule has 82 valence electrons. The van der Waals surface area contributed by atoms with Crippen LogP contribution in [0.15, 0.2) is 36.4 Å². The second-order valence-electron chi connectivity index (χ2n) is 3.34. The summed E-state index contributed by atoms with van der Waals surface area (Å²) in [7, 11) is 0. The van der Waals surface area contributed by atoms with Gasteiger partial charge in [-0.15, -0.1) is 0 Å². The number of rotatable bonds is 5. The molecule has 1 rings (SSSR count). The maximum Gasteiger partial charge on any atom is 0.125 e. The standard InChI is InChI=1S/C13H18O2/c1-3-5-10-15-13-9-7-6-8-11(13)12(14)4-2/h3,5-9,12,14H,4,10H2,1-2H3/t12-/m1/s1. The number of aliphatic hydroxyl groups is 1. The number of aliphatic hydroxyl groups excluding tert-OH is 1. The van der Waals surface area contributed by atoms with E-state index in [1.165, 1.54) is 0 Å². The molecule has 1 aromatic rings. The van der Waals surface area contributed by atoms with Crippen LogP contribution >= 0.6 is 0 Å². The Balaban J connectivity index is 2.76. The Hall–Kier alpha value is -1.28. The molecule has 0 aliphatic heterocycles. The molecule has 0 heterocycles. The largest absolute Gasteiger partial charge is 0.489 e. The monoisotopic (exact) mass is 206 g/mol. The third-order valence-electron chi connectivity index (χ3n) is 2.24. The van der Waals surface area contributed by atoms with Crippen LogP contribution in [0.4, 0.5) is 0 Å². The van der Waals surface area contributed by atoms with Gasteiger partial charge < -0.3 is 9.84 Å². The van der Waals surface area contributed by atoms with Gasteiger partial charge in [-0.1, -0.05) is 37.3 Å². The van der Waals surface area contributed by atoms with Crippen LogP contribution in [0.25, 0.3) is 0 Å². The van der Waals surface area contributed by atoms with Crippen LogP contribution < -0.4 is 4.74 Å². The number of ether oxygens (including phenoxy) is 1. The van der Waals surface area contributed by atoms with E-state index >= 15 is 0 Å². The quantitative estimate of drug-likeness (QED) is 0.750. The van der Waals surface area contributed by atoms with Gasteiger partial charge in [0.05, 0.1) is 6.10 Å². The van der Waals surface area contributed by atoms with Crippen molar-refractivity contribution in [2.75, 3.05) is 6.61 Å². The van der Waals surface area contributed by atoms with E-state index < -0.39 is 6.10 Å². The van der Waals surface area contributed by atoms with Crippen molar-refractivity contribution in [1.29, 1.82) is 0 Å². The molecule has 2 heteroatoms. The average molecular weight is 206 g/mol. The van der Waals surface area contributed by atoms with Crippen molar-refractivity contribution in [3.8, 4) is 5.75 Å². The van der Waals surface area contributed by atoms with Gasteiger partial charge in [-0.25, -0.2) is 0 Å². The van der Waals surface area contributed by atoms with E-state index in [2.05, 4.69) is 0 Å². The van der Waals surface area contributed by atoms with Crippen LogP contribution in [0.2, 0.25) is 0 Å². The Labute approximate surface area is 91.2 Å². The summed E-state index contributed by atoms with van der Waals surface area (Å²) in [6.07, 6.45) is 4.14. The Kier molecular flexibility index (Phi) is 4.91. The van der Waals surface area contributed by atoms with Crippen LogP contribution in [-0.4, -0.2) is 11.7 Å². The van der Waals surface area contributed by atoms with Crippen molar-refractivity contribution >= 4 is 0 Å². The van der Waals surface area contributed by atoms with Crippen molar-refractivity contribution in [3.63, 3.8) is 0 Å². The van der Waals surface area contributed by atoms with E-state index in [0.717, 1.165) is 11.3 Å². The molecule has 0 fully saturated rings. The third-order valence-corrected chi connectivity index (χ3v) is 2.24. The number of para-hydroxylation sites is 1. The first-order valence-electron chi connectivity index (χ1n) is 5.30. The lowest BCUT2D eigenvalue weighted by molar-refractivity contribution is 0.168. The topological polar surface area (TPSA) is 29.5 Å². The Bertz CT molecular complexity index is 318. The van der Waals surface area contributed by atoms with Gasteiger partial charge in [-0.2, -0.15) is 0 Å². The summed E-state index contributed by atoms with van der Waals surface area (Å²) in [6.45, 7) is 4.45. The minimum Gasteiger partial charge on any atom is -0.489 e. The van der Waals surface area contributed by atoms with E-state index in [1.807, 2.05) is 50.3 Å². The van der Waals surface area contributed by atoms with Crippen molar-refractivity contribution < 1.29 is 9.84 Å². The van der Waals surface area contributed by atoms with Gasteiger partial charge in [-0.3, -0.25) is 0 Å². The predicted molar refractivity (Wildman–Crippen MR) is 62.0 cm³/mol. The highest BCUT2D eigenvalue weighted by atomic mass is 16.5. The van der Waals surface area contributed by atoms with E-state index in [4.69, 9.17) is 4.74 Å². The maximum absolute atomic E-state index is 9.77. The molecule has 0 saturated carbocycles. The van der Waals surface area contributed by atoms with E-state index in [0.29, 0.717) is 13.0 Å². The first kappa shape index (κ1) is 11.8. The molecule has 0 bridgehead atoms. The molecule has 0 aliphatic rings. The number of allylic oxidation sites excluding steroid dienone is 1. The second-order valence-corrected chi connectivity index (χ2v) is 3.34. The van der Waals surface area contributed by atoms with Crippen LogP contribution in [0.5, 0.6) is 5.75 Å². The first-order chi connectivity index (χ1) is 7.29. The molecule has 0 saturated heterocycles. The van der Waals surface area contributed by atoms with Gasteiger partial charge >= 0.3 is 0 Å². The molecular formula is C13H18O2. The van der Waals surface area contributed by atoms with E-state index in [1.54, 1.807) is 0 Å². The van der Waals surface area contributed by atoms with Crippen LogP contribution in [0.1, 0.15) is 31.9 Å². The molecule has 15 heavy (non-hydrogen) atoms. The molecule has 2 nitrogen and oxygen atoms in total. The minimum absolute atomic E-state index is 0.438. The SMILES string of the molecule is CC=CCOc1ccccc1[C@H](O)CC. The molecular weight excluding hydrogens is 188 g/mol. The predicted octanol–water partition coefficient (Wildman–Crippen LogP) is 3.08. The summed E-state index contributed by atoms with van der Waals surface area (Å²) in [5.74, 6) is 0.768. The summed E-state index contributed by atoms with van der Waals surface area (Å²) >= 11 is 0. The Morgan fingerprint density at radius 1 is 1.40 bits per heavy atom. The van der Waals surface area contributed by atoms with Gasteiger partial charge in [0.2, 0.25) is 0 Å².